The Balaban J connectivity index is 1.75. The molecule has 0 spiro atoms. The minimum atomic E-state index is -3.94. The van der Waals surface area contributed by atoms with Gasteiger partial charge >= 0.3 is 0 Å². The summed E-state index contributed by atoms with van der Waals surface area (Å²) in [5.74, 6) is -0.755. The van der Waals surface area contributed by atoms with E-state index in [1.165, 1.54) is 55.3 Å². The summed E-state index contributed by atoms with van der Waals surface area (Å²) in [6.07, 6.45) is 0.542. The van der Waals surface area contributed by atoms with Gasteiger partial charge < -0.3 is 10.2 Å². The van der Waals surface area contributed by atoms with Crippen molar-refractivity contribution in [2.75, 3.05) is 30.4 Å². The molecule has 11 heteroatoms. The molecule has 158 valence electrons. The maximum absolute atomic E-state index is 12.8. The van der Waals surface area contributed by atoms with Gasteiger partial charge in [-0.15, -0.1) is 0 Å². The van der Waals surface area contributed by atoms with Crippen LogP contribution < -0.4 is 10.2 Å². The van der Waals surface area contributed by atoms with Crippen LogP contribution >= 0.6 is 0 Å². The van der Waals surface area contributed by atoms with E-state index in [1.807, 2.05) is 0 Å². The van der Waals surface area contributed by atoms with Gasteiger partial charge in [-0.2, -0.15) is 4.31 Å². The van der Waals surface area contributed by atoms with Crippen molar-refractivity contribution in [2.45, 2.75) is 18.2 Å². The van der Waals surface area contributed by atoms with E-state index in [0.717, 1.165) is 9.87 Å². The molecule has 0 saturated heterocycles. The zero-order chi connectivity index (χ0) is 22.1. The van der Waals surface area contributed by atoms with Gasteiger partial charge in [0, 0.05) is 38.3 Å². The highest BCUT2D eigenvalue weighted by Gasteiger charge is 2.30. The van der Waals surface area contributed by atoms with Crippen LogP contribution in [-0.2, 0) is 26.0 Å². The molecular weight excluding hydrogens is 412 g/mol. The van der Waals surface area contributed by atoms with E-state index in [1.54, 1.807) is 6.07 Å². The number of non-ortho nitro benzene ring substituents is 1. The largest absolute Gasteiger partial charge is 0.326 e. The topological polar surface area (TPSA) is 130 Å². The molecule has 2 aromatic rings. The zero-order valence-electron chi connectivity index (χ0n) is 16.4. The molecule has 0 bridgehead atoms. The third kappa shape index (κ3) is 4.31. The molecule has 0 atom stereocenters. The van der Waals surface area contributed by atoms with Crippen molar-refractivity contribution in [1.82, 2.24) is 4.31 Å². The summed E-state index contributed by atoms with van der Waals surface area (Å²) in [5, 5.41) is 13.6. The molecule has 1 heterocycles. The number of hydrogen-bond donors (Lipinski definition) is 1. The quantitative estimate of drug-likeness (QED) is 0.547. The van der Waals surface area contributed by atoms with E-state index in [-0.39, 0.29) is 16.5 Å². The molecule has 10 nitrogen and oxygen atoms in total. The lowest BCUT2D eigenvalue weighted by Gasteiger charge is -2.22. The predicted octanol–water partition coefficient (Wildman–Crippen LogP) is 1.76. The molecule has 0 radical (unpaired) electrons. The van der Waals surface area contributed by atoms with Gasteiger partial charge in [0.2, 0.25) is 21.8 Å². The fourth-order valence-corrected chi connectivity index (χ4v) is 4.31. The number of nitrogens with zero attached hydrogens (tertiary/aromatic N) is 3. The number of fused-ring (bicyclic) bond motifs is 1. The molecule has 0 aliphatic carbocycles. The van der Waals surface area contributed by atoms with Crippen LogP contribution in [0, 0.1) is 10.1 Å². The van der Waals surface area contributed by atoms with Gasteiger partial charge in [0.05, 0.1) is 22.1 Å². The monoisotopic (exact) mass is 432 g/mol. The van der Waals surface area contributed by atoms with Crippen LogP contribution in [0.15, 0.2) is 47.4 Å². The molecule has 1 N–H and O–H groups in total. The fourth-order valence-electron chi connectivity index (χ4n) is 3.19. The van der Waals surface area contributed by atoms with Crippen LogP contribution in [0.4, 0.5) is 17.1 Å². The van der Waals surface area contributed by atoms with E-state index in [0.29, 0.717) is 24.3 Å². The molecule has 30 heavy (non-hydrogen) atoms. The van der Waals surface area contributed by atoms with Crippen LogP contribution in [0.1, 0.15) is 12.5 Å². The van der Waals surface area contributed by atoms with Gasteiger partial charge in [0.25, 0.3) is 5.69 Å². The summed E-state index contributed by atoms with van der Waals surface area (Å²) in [6.45, 7) is 1.25. The third-order valence-corrected chi connectivity index (χ3v) is 6.53. The standard InChI is InChI=1S/C19H20N4O6S/c1-13(24)20-15-4-7-17(8-5-15)30(28,29)21(2)12-19(25)22-10-9-14-3-6-16(23(26)27)11-18(14)22/h3-8,11H,9-10,12H2,1-2H3,(H,20,24). The Morgan fingerprint density at radius 1 is 1.20 bits per heavy atom. The molecule has 3 rings (SSSR count). The second-order valence-corrected chi connectivity index (χ2v) is 8.88. The number of benzene rings is 2. The summed E-state index contributed by atoms with van der Waals surface area (Å²) in [7, 11) is -2.65. The van der Waals surface area contributed by atoms with Gasteiger partial charge in [-0.25, -0.2) is 8.42 Å². The Kier molecular flexibility index (Phi) is 5.85. The van der Waals surface area contributed by atoms with E-state index >= 15 is 0 Å². The number of carbonyl (C=O) groups is 2. The SMILES string of the molecule is CC(=O)Nc1ccc(S(=O)(=O)N(C)CC(=O)N2CCc3ccc([N+](=O)[O-])cc32)cc1. The molecule has 0 aromatic heterocycles. The van der Waals surface area contributed by atoms with Crippen LogP contribution in [0.5, 0.6) is 0 Å². The smallest absolute Gasteiger partial charge is 0.271 e. The van der Waals surface area contributed by atoms with Crippen LogP contribution in [0.3, 0.4) is 0 Å². The Labute approximate surface area is 173 Å². The van der Waals surface area contributed by atoms with Gasteiger partial charge in [0.1, 0.15) is 0 Å². The van der Waals surface area contributed by atoms with E-state index in [2.05, 4.69) is 5.32 Å². The first kappa shape index (κ1) is 21.4. The first-order chi connectivity index (χ1) is 14.1. The molecule has 0 unspecified atom stereocenters. The summed E-state index contributed by atoms with van der Waals surface area (Å²) in [5.41, 5.74) is 1.55. The van der Waals surface area contributed by atoms with Crippen molar-refractivity contribution in [1.29, 1.82) is 0 Å². The number of likely N-dealkylation sites (N-methyl/N-ethyl adjacent to an activating group) is 1. The number of nitrogens with one attached hydrogen (secondary N) is 1. The summed E-state index contributed by atoms with van der Waals surface area (Å²) in [6, 6.07) is 9.92. The molecular formula is C19H20N4O6S. The zero-order valence-corrected chi connectivity index (χ0v) is 17.2. The number of rotatable bonds is 6. The van der Waals surface area contributed by atoms with Crippen molar-refractivity contribution in [2.24, 2.45) is 0 Å². The number of anilines is 2. The Morgan fingerprint density at radius 2 is 1.87 bits per heavy atom. The van der Waals surface area contributed by atoms with Crippen LogP contribution in [0.25, 0.3) is 0 Å². The lowest BCUT2D eigenvalue weighted by Crippen LogP contribution is -2.40. The van der Waals surface area contributed by atoms with Gasteiger partial charge in [-0.1, -0.05) is 6.07 Å². The Hall–Kier alpha value is -3.31. The second kappa shape index (κ2) is 8.20. The van der Waals surface area contributed by atoms with Crippen LogP contribution in [0.2, 0.25) is 0 Å². The maximum atomic E-state index is 12.8. The lowest BCUT2D eigenvalue weighted by molar-refractivity contribution is -0.384. The minimum Gasteiger partial charge on any atom is -0.326 e. The van der Waals surface area contributed by atoms with Crippen molar-refractivity contribution in [3.8, 4) is 0 Å². The molecule has 2 aromatic carbocycles. The summed E-state index contributed by atoms with van der Waals surface area (Å²) in [4.78, 5) is 35.7. The highest BCUT2D eigenvalue weighted by atomic mass is 32.2. The van der Waals surface area contributed by atoms with Crippen LogP contribution in [-0.4, -0.2) is 49.6 Å². The molecule has 0 fully saturated rings. The fraction of sp³-hybridized carbons (Fsp3) is 0.263. The first-order valence-corrected chi connectivity index (χ1v) is 10.5. The van der Waals surface area contributed by atoms with Crippen molar-refractivity contribution in [3.63, 3.8) is 0 Å². The van der Waals surface area contributed by atoms with Gasteiger partial charge in [-0.3, -0.25) is 19.7 Å². The Bertz CT molecular complexity index is 1110. The highest BCUT2D eigenvalue weighted by molar-refractivity contribution is 7.89. The normalized spacial score (nSPS) is 13.2. The van der Waals surface area contributed by atoms with Crippen molar-refractivity contribution < 1.29 is 22.9 Å². The lowest BCUT2D eigenvalue weighted by atomic mass is 10.1. The predicted molar refractivity (Wildman–Crippen MR) is 110 cm³/mol. The second-order valence-electron chi connectivity index (χ2n) is 6.83. The highest BCUT2D eigenvalue weighted by Crippen LogP contribution is 2.32. The Morgan fingerprint density at radius 3 is 2.47 bits per heavy atom. The minimum absolute atomic E-state index is 0.0237. The van der Waals surface area contributed by atoms with E-state index < -0.39 is 27.4 Å². The van der Waals surface area contributed by atoms with Gasteiger partial charge in [0.15, 0.2) is 0 Å². The van der Waals surface area contributed by atoms with Crippen molar-refractivity contribution >= 4 is 38.9 Å². The van der Waals surface area contributed by atoms with Gasteiger partial charge in [-0.05, 0) is 36.2 Å². The molecule has 2 amide bonds. The molecule has 1 aliphatic rings. The maximum Gasteiger partial charge on any atom is 0.271 e. The first-order valence-electron chi connectivity index (χ1n) is 9.01. The number of hydrogen-bond acceptors (Lipinski definition) is 6. The number of carbonyl (C=O) groups excluding carboxylic acids is 2. The number of nitro groups is 1. The summed E-state index contributed by atoms with van der Waals surface area (Å²) < 4.78 is 26.5. The van der Waals surface area contributed by atoms with E-state index in [4.69, 9.17) is 0 Å². The average Bonchev–Trinajstić information content (AvgIpc) is 3.11. The number of sulfonamides is 1. The van der Waals surface area contributed by atoms with Crippen molar-refractivity contribution in [3.05, 3.63) is 58.1 Å². The molecule has 1 aliphatic heterocycles. The molecule has 0 saturated carbocycles. The van der Waals surface area contributed by atoms with E-state index in [9.17, 15) is 28.1 Å². The number of amides is 2. The summed E-state index contributed by atoms with van der Waals surface area (Å²) >= 11 is 0. The number of nitro benzene ring substituents is 1. The average molecular weight is 432 g/mol. The third-order valence-electron chi connectivity index (χ3n) is 4.72.